The summed E-state index contributed by atoms with van der Waals surface area (Å²) in [5, 5.41) is 11.1. The van der Waals surface area contributed by atoms with E-state index in [4.69, 9.17) is 0 Å². The first-order valence-electron chi connectivity index (χ1n) is 11.2. The van der Waals surface area contributed by atoms with Gasteiger partial charge in [-0.25, -0.2) is 4.98 Å². The van der Waals surface area contributed by atoms with Crippen LogP contribution in [0.3, 0.4) is 0 Å². The molecule has 1 aromatic heterocycles. The number of anilines is 1. The summed E-state index contributed by atoms with van der Waals surface area (Å²) in [4.78, 5) is 24.2. The Bertz CT molecular complexity index is 916. The van der Waals surface area contributed by atoms with E-state index in [9.17, 15) is 9.90 Å². The Hall–Kier alpha value is -1.74. The van der Waals surface area contributed by atoms with Crippen molar-refractivity contribution in [3.63, 3.8) is 0 Å². The summed E-state index contributed by atoms with van der Waals surface area (Å²) in [5.74, 6) is 0.744. The predicted molar refractivity (Wildman–Crippen MR) is 126 cm³/mol. The maximum atomic E-state index is 12.7. The number of nitrogens with zero attached hydrogens (tertiary/aromatic N) is 5. The summed E-state index contributed by atoms with van der Waals surface area (Å²) < 4.78 is 2.65. The number of piperidine rings is 1. The molecule has 0 atom stereocenters. The lowest BCUT2D eigenvalue weighted by Crippen LogP contribution is -2.48. The van der Waals surface area contributed by atoms with E-state index < -0.39 is 5.60 Å². The van der Waals surface area contributed by atoms with Crippen LogP contribution in [-0.2, 0) is 13.1 Å². The molecule has 1 aromatic carbocycles. The van der Waals surface area contributed by atoms with Gasteiger partial charge in [0.1, 0.15) is 5.82 Å². The summed E-state index contributed by atoms with van der Waals surface area (Å²) in [7, 11) is 0. The molecule has 0 radical (unpaired) electrons. The maximum Gasteiger partial charge on any atom is 0.255 e. The van der Waals surface area contributed by atoms with Crippen LogP contribution in [0.15, 0.2) is 45.9 Å². The molecular weight excluding hydrogens is 458 g/mol. The Kier molecular flexibility index (Phi) is 7.11. The average Bonchev–Trinajstić information content (AvgIpc) is 2.78. The lowest BCUT2D eigenvalue weighted by Gasteiger charge is -2.38. The number of rotatable bonds is 6. The fourth-order valence-electron chi connectivity index (χ4n) is 4.45. The van der Waals surface area contributed by atoms with Crippen LogP contribution in [0.4, 0.5) is 5.82 Å². The number of benzene rings is 1. The first-order valence-corrected chi connectivity index (χ1v) is 12.0. The molecule has 2 aliphatic rings. The van der Waals surface area contributed by atoms with Crippen molar-refractivity contribution in [1.29, 1.82) is 0 Å². The Morgan fingerprint density at radius 2 is 1.71 bits per heavy atom. The zero-order valence-electron chi connectivity index (χ0n) is 18.2. The fourth-order valence-corrected chi connectivity index (χ4v) is 4.72. The van der Waals surface area contributed by atoms with Crippen molar-refractivity contribution >= 4 is 21.7 Å². The maximum absolute atomic E-state index is 12.7. The van der Waals surface area contributed by atoms with E-state index in [0.717, 1.165) is 62.6 Å². The van der Waals surface area contributed by atoms with Crippen LogP contribution in [0.5, 0.6) is 0 Å². The van der Waals surface area contributed by atoms with Gasteiger partial charge in [0.15, 0.2) is 0 Å². The molecule has 0 bridgehead atoms. The van der Waals surface area contributed by atoms with Gasteiger partial charge in [0.2, 0.25) is 0 Å². The van der Waals surface area contributed by atoms with Crippen molar-refractivity contribution in [2.75, 3.05) is 50.7 Å². The number of aromatic nitrogens is 2. The van der Waals surface area contributed by atoms with E-state index in [1.165, 1.54) is 5.56 Å². The first-order chi connectivity index (χ1) is 14.9. The zero-order chi connectivity index (χ0) is 21.8. The number of likely N-dealkylation sites (N-methyl/N-ethyl adjacent to an activating group) is 1. The largest absolute Gasteiger partial charge is 0.388 e. The van der Waals surface area contributed by atoms with Gasteiger partial charge in [-0.15, -0.1) is 0 Å². The average molecular weight is 490 g/mol. The number of likely N-dealkylation sites (tertiary alicyclic amines) is 1. The number of hydrogen-bond acceptors (Lipinski definition) is 6. The molecule has 3 heterocycles. The standard InChI is InChI=1S/C23H32BrN5O2/c1-2-26-11-13-28(14-12-26)21-15-22(30)29(18-25-21)17-23(31)7-9-27(10-8-23)16-19-3-5-20(24)6-4-19/h3-6,15,18,31H,2,7-14,16-17H2,1H3. The molecule has 2 saturated heterocycles. The first kappa shape index (κ1) is 22.5. The molecule has 1 N–H and O–H groups in total. The van der Waals surface area contributed by atoms with Gasteiger partial charge in [-0.3, -0.25) is 14.3 Å². The highest BCUT2D eigenvalue weighted by Gasteiger charge is 2.33. The van der Waals surface area contributed by atoms with Crippen molar-refractivity contribution in [3.05, 3.63) is 57.0 Å². The molecule has 31 heavy (non-hydrogen) atoms. The van der Waals surface area contributed by atoms with Gasteiger partial charge in [0.25, 0.3) is 5.56 Å². The smallest absolute Gasteiger partial charge is 0.255 e. The molecular formula is C23H32BrN5O2. The number of piperazine rings is 1. The van der Waals surface area contributed by atoms with Crippen molar-refractivity contribution in [2.45, 2.75) is 38.5 Å². The highest BCUT2D eigenvalue weighted by atomic mass is 79.9. The second kappa shape index (κ2) is 9.81. The molecule has 0 spiro atoms. The normalized spacial score (nSPS) is 20.2. The topological polar surface area (TPSA) is 64.8 Å². The van der Waals surface area contributed by atoms with Gasteiger partial charge in [-0.2, -0.15) is 0 Å². The van der Waals surface area contributed by atoms with Gasteiger partial charge in [0.05, 0.1) is 18.5 Å². The Morgan fingerprint density at radius 1 is 1.03 bits per heavy atom. The second-order valence-corrected chi connectivity index (χ2v) is 9.68. The Morgan fingerprint density at radius 3 is 2.32 bits per heavy atom. The summed E-state index contributed by atoms with van der Waals surface area (Å²) in [6, 6.07) is 9.98. The third-order valence-corrected chi connectivity index (χ3v) is 7.11. The lowest BCUT2D eigenvalue weighted by atomic mass is 9.91. The minimum atomic E-state index is -0.865. The van der Waals surface area contributed by atoms with Gasteiger partial charge >= 0.3 is 0 Å². The third kappa shape index (κ3) is 5.74. The highest BCUT2D eigenvalue weighted by Crippen LogP contribution is 2.25. The molecule has 7 nitrogen and oxygen atoms in total. The minimum Gasteiger partial charge on any atom is -0.388 e. The van der Waals surface area contributed by atoms with Crippen LogP contribution in [-0.4, -0.2) is 75.9 Å². The van der Waals surface area contributed by atoms with Gasteiger partial charge in [-0.1, -0.05) is 35.0 Å². The van der Waals surface area contributed by atoms with E-state index >= 15 is 0 Å². The van der Waals surface area contributed by atoms with Gasteiger partial charge < -0.3 is 14.9 Å². The molecule has 0 amide bonds. The highest BCUT2D eigenvalue weighted by molar-refractivity contribution is 9.10. The van der Waals surface area contributed by atoms with Crippen LogP contribution < -0.4 is 10.5 Å². The van der Waals surface area contributed by atoms with E-state index in [1.54, 1.807) is 17.0 Å². The van der Waals surface area contributed by atoms with Crippen molar-refractivity contribution in [1.82, 2.24) is 19.4 Å². The molecule has 4 rings (SSSR count). The predicted octanol–water partition coefficient (Wildman–Crippen LogP) is 2.17. The minimum absolute atomic E-state index is 0.0892. The number of hydrogen-bond donors (Lipinski definition) is 1. The van der Waals surface area contributed by atoms with E-state index in [1.807, 2.05) is 0 Å². The van der Waals surface area contributed by atoms with Crippen molar-refractivity contribution in [2.24, 2.45) is 0 Å². The summed E-state index contributed by atoms with van der Waals surface area (Å²) in [6.45, 7) is 9.82. The van der Waals surface area contributed by atoms with Crippen LogP contribution >= 0.6 is 15.9 Å². The molecule has 168 valence electrons. The van der Waals surface area contributed by atoms with Crippen LogP contribution in [0, 0.1) is 0 Å². The van der Waals surface area contributed by atoms with E-state index in [2.05, 4.69) is 66.8 Å². The molecule has 2 aliphatic heterocycles. The van der Waals surface area contributed by atoms with Gasteiger partial charge in [-0.05, 0) is 37.1 Å². The van der Waals surface area contributed by atoms with E-state index in [-0.39, 0.29) is 5.56 Å². The molecule has 0 unspecified atom stereocenters. The van der Waals surface area contributed by atoms with Crippen LogP contribution in [0.25, 0.3) is 0 Å². The summed E-state index contributed by atoms with van der Waals surface area (Å²) in [6.07, 6.45) is 2.91. The summed E-state index contributed by atoms with van der Waals surface area (Å²) >= 11 is 3.47. The summed E-state index contributed by atoms with van der Waals surface area (Å²) in [5.41, 5.74) is 0.314. The van der Waals surface area contributed by atoms with E-state index in [0.29, 0.717) is 19.4 Å². The number of halogens is 1. The molecule has 8 heteroatoms. The molecule has 2 aromatic rings. The van der Waals surface area contributed by atoms with Crippen molar-refractivity contribution in [3.8, 4) is 0 Å². The second-order valence-electron chi connectivity index (χ2n) is 8.76. The van der Waals surface area contributed by atoms with Gasteiger partial charge in [0, 0.05) is 56.4 Å². The Balaban J connectivity index is 1.32. The van der Waals surface area contributed by atoms with Crippen LogP contribution in [0.2, 0.25) is 0 Å². The van der Waals surface area contributed by atoms with Crippen LogP contribution in [0.1, 0.15) is 25.3 Å². The fraction of sp³-hybridized carbons (Fsp3) is 0.565. The van der Waals surface area contributed by atoms with Crippen molar-refractivity contribution < 1.29 is 5.11 Å². The molecule has 0 saturated carbocycles. The molecule has 2 fully saturated rings. The SMILES string of the molecule is CCN1CCN(c2cc(=O)n(CC3(O)CCN(Cc4ccc(Br)cc4)CC3)cn2)CC1. The Labute approximate surface area is 192 Å². The molecule has 0 aliphatic carbocycles. The zero-order valence-corrected chi connectivity index (χ0v) is 19.8. The lowest BCUT2D eigenvalue weighted by molar-refractivity contribution is -0.0365. The monoisotopic (exact) mass is 489 g/mol. The quantitative estimate of drug-likeness (QED) is 0.670. The third-order valence-electron chi connectivity index (χ3n) is 6.58. The number of aliphatic hydroxyl groups is 1.